The van der Waals surface area contributed by atoms with Crippen molar-refractivity contribution in [3.63, 3.8) is 0 Å². The number of hydrogen-bond acceptors (Lipinski definition) is 6. The minimum Gasteiger partial charge on any atom is -0.496 e. The van der Waals surface area contributed by atoms with E-state index in [2.05, 4.69) is 0 Å². The molecule has 1 aromatic carbocycles. The number of thioether (sulfide) groups is 1. The van der Waals surface area contributed by atoms with Gasteiger partial charge in [0.25, 0.3) is 0 Å². The van der Waals surface area contributed by atoms with Crippen LogP contribution in [0.4, 0.5) is 0 Å². The number of benzene rings is 1. The zero-order valence-corrected chi connectivity index (χ0v) is 18.6. The van der Waals surface area contributed by atoms with Gasteiger partial charge in [-0.25, -0.2) is 8.42 Å². The third-order valence-corrected chi connectivity index (χ3v) is 7.84. The summed E-state index contributed by atoms with van der Waals surface area (Å²) in [5.41, 5.74) is 1.48. The first-order valence-electron chi connectivity index (χ1n) is 9.45. The molecular formula is C20H29NO5S2. The van der Waals surface area contributed by atoms with Crippen molar-refractivity contribution in [3.05, 3.63) is 29.3 Å². The minimum atomic E-state index is -3.05. The molecule has 0 aromatic heterocycles. The number of ether oxygens (including phenoxy) is 1. The fourth-order valence-electron chi connectivity index (χ4n) is 3.43. The Balaban J connectivity index is 2.05. The van der Waals surface area contributed by atoms with Gasteiger partial charge < -0.3 is 9.64 Å². The molecular weight excluding hydrogens is 398 g/mol. The van der Waals surface area contributed by atoms with Gasteiger partial charge in [-0.2, -0.15) is 0 Å². The second kappa shape index (κ2) is 9.78. The van der Waals surface area contributed by atoms with Crippen molar-refractivity contribution in [1.29, 1.82) is 0 Å². The number of carbonyl (C=O) groups excluding carboxylic acids is 2. The molecule has 2 atom stereocenters. The summed E-state index contributed by atoms with van der Waals surface area (Å²) in [6.07, 6.45) is 1.29. The van der Waals surface area contributed by atoms with E-state index in [0.29, 0.717) is 23.5 Å². The lowest BCUT2D eigenvalue weighted by molar-refractivity contribution is -0.132. The highest BCUT2D eigenvalue weighted by molar-refractivity contribution is 7.99. The van der Waals surface area contributed by atoms with Crippen LogP contribution in [0.1, 0.15) is 49.5 Å². The predicted octanol–water partition coefficient (Wildman–Crippen LogP) is 2.95. The summed E-state index contributed by atoms with van der Waals surface area (Å²) in [7, 11) is -1.47. The molecule has 0 spiro atoms. The number of hydrogen-bond donors (Lipinski definition) is 0. The van der Waals surface area contributed by atoms with Crippen molar-refractivity contribution in [2.45, 2.75) is 51.4 Å². The highest BCUT2D eigenvalue weighted by Gasteiger charge is 2.36. The molecule has 1 saturated heterocycles. The molecule has 1 fully saturated rings. The SMILES string of the molecule is CC[C@@H](C)N(C(=O)CSCc1cc(C(C)=O)ccc1OC)[C@H]1CCS(=O)(=O)C1. The summed E-state index contributed by atoms with van der Waals surface area (Å²) in [4.78, 5) is 26.3. The van der Waals surface area contributed by atoms with Crippen molar-refractivity contribution in [2.75, 3.05) is 24.4 Å². The van der Waals surface area contributed by atoms with Gasteiger partial charge in [0.2, 0.25) is 5.91 Å². The van der Waals surface area contributed by atoms with Crippen LogP contribution >= 0.6 is 11.8 Å². The van der Waals surface area contributed by atoms with E-state index in [9.17, 15) is 18.0 Å². The fraction of sp³-hybridized carbons (Fsp3) is 0.600. The largest absolute Gasteiger partial charge is 0.496 e. The van der Waals surface area contributed by atoms with Gasteiger partial charge in [-0.3, -0.25) is 9.59 Å². The quantitative estimate of drug-likeness (QED) is 0.564. The van der Waals surface area contributed by atoms with Crippen LogP contribution in [-0.2, 0) is 20.4 Å². The standard InChI is InChI=1S/C20H29NO5S2/c1-5-14(2)21(18-8-9-28(24,25)13-18)20(23)12-27-11-17-10-16(15(3)22)6-7-19(17)26-4/h6-7,10,14,18H,5,8-9,11-13H2,1-4H3/t14-,18+/m1/s1. The van der Waals surface area contributed by atoms with Gasteiger partial charge >= 0.3 is 0 Å². The molecule has 0 saturated carbocycles. The number of sulfone groups is 1. The number of methoxy groups -OCH3 is 1. The van der Waals surface area contributed by atoms with Crippen LogP contribution in [0.2, 0.25) is 0 Å². The Labute approximate surface area is 171 Å². The molecule has 1 heterocycles. The van der Waals surface area contributed by atoms with Crippen LogP contribution in [0.25, 0.3) is 0 Å². The molecule has 1 amide bonds. The average molecular weight is 428 g/mol. The predicted molar refractivity (Wildman–Crippen MR) is 113 cm³/mol. The molecule has 6 nitrogen and oxygen atoms in total. The Morgan fingerprint density at radius 2 is 2.07 bits per heavy atom. The lowest BCUT2D eigenvalue weighted by Gasteiger charge is -2.33. The van der Waals surface area contributed by atoms with Crippen molar-refractivity contribution in [1.82, 2.24) is 4.90 Å². The lowest BCUT2D eigenvalue weighted by atomic mass is 10.1. The van der Waals surface area contributed by atoms with Gasteiger partial charge in [0.05, 0.1) is 24.4 Å². The number of carbonyl (C=O) groups is 2. The third kappa shape index (κ3) is 5.73. The first-order chi connectivity index (χ1) is 13.2. The molecule has 8 heteroatoms. The zero-order chi connectivity index (χ0) is 20.9. The summed E-state index contributed by atoms with van der Waals surface area (Å²) >= 11 is 1.45. The number of amides is 1. The van der Waals surface area contributed by atoms with E-state index in [1.165, 1.54) is 18.7 Å². The number of nitrogens with zero attached hydrogens (tertiary/aromatic N) is 1. The molecule has 0 bridgehead atoms. The normalized spacial score (nSPS) is 19.2. The van der Waals surface area contributed by atoms with Crippen LogP contribution in [-0.4, -0.2) is 61.5 Å². The molecule has 0 unspecified atom stereocenters. The molecule has 156 valence electrons. The topological polar surface area (TPSA) is 80.8 Å². The van der Waals surface area contributed by atoms with Crippen molar-refractivity contribution in [3.8, 4) is 5.75 Å². The van der Waals surface area contributed by atoms with E-state index < -0.39 is 9.84 Å². The Hall–Kier alpha value is -1.54. The van der Waals surface area contributed by atoms with Gasteiger partial charge in [0.1, 0.15) is 5.75 Å². The number of Topliss-reactive ketones (excluding diaryl/α,β-unsaturated/α-hetero) is 1. The smallest absolute Gasteiger partial charge is 0.233 e. The van der Waals surface area contributed by atoms with E-state index in [0.717, 1.165) is 12.0 Å². The van der Waals surface area contributed by atoms with Crippen LogP contribution in [0.5, 0.6) is 5.75 Å². The molecule has 1 aromatic rings. The summed E-state index contributed by atoms with van der Waals surface area (Å²) in [6.45, 7) is 5.48. The average Bonchev–Trinajstić information content (AvgIpc) is 3.00. The van der Waals surface area contributed by atoms with Gasteiger partial charge in [0.15, 0.2) is 15.6 Å². The van der Waals surface area contributed by atoms with Gasteiger partial charge in [0, 0.05) is 29.0 Å². The van der Waals surface area contributed by atoms with E-state index in [1.807, 2.05) is 13.8 Å². The minimum absolute atomic E-state index is 0.00183. The second-order valence-corrected chi connectivity index (χ2v) is 10.4. The highest BCUT2D eigenvalue weighted by Crippen LogP contribution is 2.27. The van der Waals surface area contributed by atoms with Crippen LogP contribution in [0.15, 0.2) is 18.2 Å². The van der Waals surface area contributed by atoms with Crippen molar-refractivity contribution in [2.24, 2.45) is 0 Å². The molecule has 1 aliphatic heterocycles. The molecule has 0 radical (unpaired) electrons. The highest BCUT2D eigenvalue weighted by atomic mass is 32.2. The van der Waals surface area contributed by atoms with Crippen molar-refractivity contribution < 1.29 is 22.7 Å². The van der Waals surface area contributed by atoms with Crippen LogP contribution in [0.3, 0.4) is 0 Å². The third-order valence-electron chi connectivity index (χ3n) is 5.13. The molecule has 2 rings (SSSR count). The zero-order valence-electron chi connectivity index (χ0n) is 16.9. The number of rotatable bonds is 9. The van der Waals surface area contributed by atoms with E-state index in [4.69, 9.17) is 4.74 Å². The Morgan fingerprint density at radius 3 is 2.61 bits per heavy atom. The summed E-state index contributed by atoms with van der Waals surface area (Å²) in [5, 5.41) is 0. The fourth-order valence-corrected chi connectivity index (χ4v) is 6.02. The first kappa shape index (κ1) is 22.7. The lowest BCUT2D eigenvalue weighted by Crippen LogP contribution is -2.47. The summed E-state index contributed by atoms with van der Waals surface area (Å²) in [6, 6.07) is 5.06. The summed E-state index contributed by atoms with van der Waals surface area (Å²) in [5.74, 6) is 1.63. The van der Waals surface area contributed by atoms with E-state index in [-0.39, 0.29) is 41.0 Å². The first-order valence-corrected chi connectivity index (χ1v) is 12.4. The molecule has 0 aliphatic carbocycles. The second-order valence-electron chi connectivity index (χ2n) is 7.19. The monoisotopic (exact) mass is 427 g/mol. The Kier molecular flexibility index (Phi) is 7.95. The molecule has 0 N–H and O–H groups in total. The maximum absolute atomic E-state index is 12.9. The maximum atomic E-state index is 12.9. The van der Waals surface area contributed by atoms with Crippen molar-refractivity contribution >= 4 is 33.3 Å². The van der Waals surface area contributed by atoms with Crippen LogP contribution < -0.4 is 4.74 Å². The summed E-state index contributed by atoms with van der Waals surface area (Å²) < 4.78 is 29.1. The Morgan fingerprint density at radius 1 is 1.36 bits per heavy atom. The maximum Gasteiger partial charge on any atom is 0.233 e. The van der Waals surface area contributed by atoms with Gasteiger partial charge in [-0.1, -0.05) is 6.92 Å². The van der Waals surface area contributed by atoms with Crippen LogP contribution in [0, 0.1) is 0 Å². The van der Waals surface area contributed by atoms with E-state index >= 15 is 0 Å². The molecule has 28 heavy (non-hydrogen) atoms. The van der Waals surface area contributed by atoms with E-state index in [1.54, 1.807) is 30.2 Å². The number of ketones is 1. The van der Waals surface area contributed by atoms with Gasteiger partial charge in [-0.15, -0.1) is 11.8 Å². The van der Waals surface area contributed by atoms with Gasteiger partial charge in [-0.05, 0) is 44.9 Å². The molecule has 1 aliphatic rings. The Bertz CT molecular complexity index is 822.